The molecular formula is C21H29NO2. The van der Waals surface area contributed by atoms with Crippen molar-refractivity contribution < 1.29 is 9.47 Å². The minimum absolute atomic E-state index is 0.244. The SMILES string of the molecule is CCC(C)Oc1ccc(NCc2ccccc2OCC(C)C)cc1. The molecule has 0 fully saturated rings. The Balaban J connectivity index is 1.93. The smallest absolute Gasteiger partial charge is 0.124 e. The molecule has 2 aromatic rings. The maximum absolute atomic E-state index is 5.90. The van der Waals surface area contributed by atoms with Gasteiger partial charge in [-0.25, -0.2) is 0 Å². The monoisotopic (exact) mass is 327 g/mol. The Kier molecular flexibility index (Phi) is 6.98. The maximum atomic E-state index is 5.90. The van der Waals surface area contributed by atoms with Gasteiger partial charge in [0.1, 0.15) is 11.5 Å². The van der Waals surface area contributed by atoms with Gasteiger partial charge in [0.25, 0.3) is 0 Å². The Morgan fingerprint density at radius 1 is 0.958 bits per heavy atom. The van der Waals surface area contributed by atoms with E-state index in [0.717, 1.165) is 42.3 Å². The van der Waals surface area contributed by atoms with Crippen LogP contribution in [-0.4, -0.2) is 12.7 Å². The van der Waals surface area contributed by atoms with Gasteiger partial charge in [-0.1, -0.05) is 39.0 Å². The first kappa shape index (κ1) is 18.2. The van der Waals surface area contributed by atoms with Gasteiger partial charge >= 0.3 is 0 Å². The lowest BCUT2D eigenvalue weighted by molar-refractivity contribution is 0.217. The number of hydrogen-bond donors (Lipinski definition) is 1. The van der Waals surface area contributed by atoms with Gasteiger partial charge in [-0.05, 0) is 49.6 Å². The molecular weight excluding hydrogens is 298 g/mol. The van der Waals surface area contributed by atoms with Crippen LogP contribution < -0.4 is 14.8 Å². The summed E-state index contributed by atoms with van der Waals surface area (Å²) in [6.45, 7) is 9.99. The van der Waals surface area contributed by atoms with Crippen molar-refractivity contribution in [2.24, 2.45) is 5.92 Å². The number of benzene rings is 2. The molecule has 0 aliphatic carbocycles. The molecule has 0 bridgehead atoms. The van der Waals surface area contributed by atoms with E-state index in [1.54, 1.807) is 0 Å². The van der Waals surface area contributed by atoms with Crippen LogP contribution in [0.3, 0.4) is 0 Å². The highest BCUT2D eigenvalue weighted by atomic mass is 16.5. The van der Waals surface area contributed by atoms with Crippen molar-refractivity contribution in [3.8, 4) is 11.5 Å². The van der Waals surface area contributed by atoms with Crippen molar-refractivity contribution in [1.29, 1.82) is 0 Å². The molecule has 0 heterocycles. The third-order valence-corrected chi connectivity index (χ3v) is 3.79. The van der Waals surface area contributed by atoms with Gasteiger partial charge in [0.15, 0.2) is 0 Å². The summed E-state index contributed by atoms with van der Waals surface area (Å²) in [6.07, 6.45) is 1.25. The Hall–Kier alpha value is -2.16. The zero-order chi connectivity index (χ0) is 17.4. The lowest BCUT2D eigenvalue weighted by atomic mass is 10.2. The molecule has 1 N–H and O–H groups in total. The molecule has 1 unspecified atom stereocenters. The van der Waals surface area contributed by atoms with Crippen molar-refractivity contribution >= 4 is 5.69 Å². The first-order valence-electron chi connectivity index (χ1n) is 8.79. The van der Waals surface area contributed by atoms with Crippen LogP contribution in [-0.2, 0) is 6.54 Å². The van der Waals surface area contributed by atoms with Gasteiger partial charge in [0.05, 0.1) is 12.7 Å². The van der Waals surface area contributed by atoms with Crippen LogP contribution in [0.15, 0.2) is 48.5 Å². The van der Waals surface area contributed by atoms with E-state index in [1.165, 1.54) is 0 Å². The van der Waals surface area contributed by atoms with E-state index in [4.69, 9.17) is 9.47 Å². The first-order chi connectivity index (χ1) is 11.6. The normalized spacial score (nSPS) is 12.0. The van der Waals surface area contributed by atoms with Gasteiger partial charge < -0.3 is 14.8 Å². The third-order valence-electron chi connectivity index (χ3n) is 3.79. The van der Waals surface area contributed by atoms with Crippen LogP contribution in [0.25, 0.3) is 0 Å². The predicted molar refractivity (Wildman–Crippen MR) is 101 cm³/mol. The highest BCUT2D eigenvalue weighted by Crippen LogP contribution is 2.22. The summed E-state index contributed by atoms with van der Waals surface area (Å²) in [4.78, 5) is 0. The largest absolute Gasteiger partial charge is 0.493 e. The fourth-order valence-electron chi connectivity index (χ4n) is 2.21. The molecule has 2 rings (SSSR count). The summed E-state index contributed by atoms with van der Waals surface area (Å²) < 4.78 is 11.7. The quantitative estimate of drug-likeness (QED) is 0.658. The molecule has 0 aliphatic rings. The lowest BCUT2D eigenvalue weighted by Gasteiger charge is -2.15. The van der Waals surface area contributed by atoms with Crippen LogP contribution in [0.1, 0.15) is 39.7 Å². The van der Waals surface area contributed by atoms with E-state index in [-0.39, 0.29) is 6.10 Å². The third kappa shape index (κ3) is 5.80. The number of hydrogen-bond acceptors (Lipinski definition) is 3. The topological polar surface area (TPSA) is 30.5 Å². The summed E-state index contributed by atoms with van der Waals surface area (Å²) >= 11 is 0. The van der Waals surface area contributed by atoms with Crippen LogP contribution in [0.2, 0.25) is 0 Å². The van der Waals surface area contributed by atoms with Gasteiger partial charge in [0, 0.05) is 17.8 Å². The van der Waals surface area contributed by atoms with E-state index in [1.807, 2.05) is 30.3 Å². The van der Waals surface area contributed by atoms with Crippen LogP contribution in [0.5, 0.6) is 11.5 Å². The summed E-state index contributed by atoms with van der Waals surface area (Å²) in [5.74, 6) is 2.38. The lowest BCUT2D eigenvalue weighted by Crippen LogP contribution is -2.09. The van der Waals surface area contributed by atoms with Crippen LogP contribution in [0, 0.1) is 5.92 Å². The number of rotatable bonds is 9. The molecule has 3 heteroatoms. The molecule has 1 atom stereocenters. The maximum Gasteiger partial charge on any atom is 0.124 e. The minimum atomic E-state index is 0.244. The molecule has 0 saturated carbocycles. The van der Waals surface area contributed by atoms with E-state index < -0.39 is 0 Å². The molecule has 0 aliphatic heterocycles. The summed E-state index contributed by atoms with van der Waals surface area (Å²) in [7, 11) is 0. The Labute approximate surface area is 146 Å². The number of anilines is 1. The molecule has 0 radical (unpaired) electrons. The van der Waals surface area contributed by atoms with Crippen molar-refractivity contribution in [2.45, 2.75) is 46.8 Å². The Bertz CT molecular complexity index is 607. The van der Waals surface area contributed by atoms with Crippen LogP contribution >= 0.6 is 0 Å². The zero-order valence-corrected chi connectivity index (χ0v) is 15.2. The van der Waals surface area contributed by atoms with Crippen molar-refractivity contribution in [3.05, 3.63) is 54.1 Å². The average molecular weight is 327 g/mol. The van der Waals surface area contributed by atoms with Crippen molar-refractivity contribution in [1.82, 2.24) is 0 Å². The number of para-hydroxylation sites is 1. The highest BCUT2D eigenvalue weighted by Gasteiger charge is 2.05. The average Bonchev–Trinajstić information content (AvgIpc) is 2.60. The molecule has 130 valence electrons. The van der Waals surface area contributed by atoms with Gasteiger partial charge in [-0.15, -0.1) is 0 Å². The number of nitrogens with one attached hydrogen (secondary N) is 1. The molecule has 2 aromatic carbocycles. The summed E-state index contributed by atoms with van der Waals surface area (Å²) in [5, 5.41) is 3.45. The van der Waals surface area contributed by atoms with Crippen molar-refractivity contribution in [2.75, 3.05) is 11.9 Å². The van der Waals surface area contributed by atoms with E-state index in [0.29, 0.717) is 5.92 Å². The minimum Gasteiger partial charge on any atom is -0.493 e. The van der Waals surface area contributed by atoms with Gasteiger partial charge in [0.2, 0.25) is 0 Å². The second-order valence-electron chi connectivity index (χ2n) is 6.53. The Morgan fingerprint density at radius 3 is 2.33 bits per heavy atom. The van der Waals surface area contributed by atoms with Gasteiger partial charge in [-0.3, -0.25) is 0 Å². The zero-order valence-electron chi connectivity index (χ0n) is 15.2. The summed E-state index contributed by atoms with van der Waals surface area (Å²) in [5.41, 5.74) is 2.24. The second kappa shape index (κ2) is 9.21. The fourth-order valence-corrected chi connectivity index (χ4v) is 2.21. The second-order valence-corrected chi connectivity index (χ2v) is 6.53. The van der Waals surface area contributed by atoms with E-state index in [2.05, 4.69) is 51.2 Å². The standard InChI is InChI=1S/C21H29NO2/c1-5-17(4)24-20-12-10-19(11-13-20)22-14-18-8-6-7-9-21(18)23-15-16(2)3/h6-13,16-17,22H,5,14-15H2,1-4H3. The molecule has 0 amide bonds. The summed E-state index contributed by atoms with van der Waals surface area (Å²) in [6, 6.07) is 16.3. The highest BCUT2D eigenvalue weighted by molar-refractivity contribution is 5.48. The Morgan fingerprint density at radius 2 is 1.67 bits per heavy atom. The van der Waals surface area contributed by atoms with E-state index >= 15 is 0 Å². The molecule has 0 spiro atoms. The first-order valence-corrected chi connectivity index (χ1v) is 8.79. The molecule has 0 saturated heterocycles. The van der Waals surface area contributed by atoms with Crippen molar-refractivity contribution in [3.63, 3.8) is 0 Å². The predicted octanol–water partition coefficient (Wildman–Crippen LogP) is 5.51. The molecule has 0 aromatic heterocycles. The van der Waals surface area contributed by atoms with Gasteiger partial charge in [-0.2, -0.15) is 0 Å². The van der Waals surface area contributed by atoms with Crippen LogP contribution in [0.4, 0.5) is 5.69 Å². The number of ether oxygens (including phenoxy) is 2. The molecule has 3 nitrogen and oxygen atoms in total. The fraction of sp³-hybridized carbons (Fsp3) is 0.429. The molecule has 24 heavy (non-hydrogen) atoms. The van der Waals surface area contributed by atoms with E-state index in [9.17, 15) is 0 Å².